The van der Waals surface area contributed by atoms with Crippen LogP contribution < -0.4 is 14.8 Å². The number of piperidine rings is 1. The van der Waals surface area contributed by atoms with Crippen LogP contribution in [0.25, 0.3) is 21.9 Å². The minimum atomic E-state index is -5.11. The highest BCUT2D eigenvalue weighted by molar-refractivity contribution is 6.01. The largest absolute Gasteiger partial charge is 0.496 e. The molecule has 1 saturated heterocycles. The van der Waals surface area contributed by atoms with E-state index in [0.717, 1.165) is 10.5 Å². The molecule has 0 aromatic heterocycles. The van der Waals surface area contributed by atoms with Crippen LogP contribution in [0.3, 0.4) is 0 Å². The molecule has 1 aliphatic rings. The summed E-state index contributed by atoms with van der Waals surface area (Å²) >= 11 is 0. The van der Waals surface area contributed by atoms with E-state index in [1.165, 1.54) is 7.11 Å². The number of halogens is 6. The molecule has 0 unspecified atom stereocenters. The van der Waals surface area contributed by atoms with Gasteiger partial charge in [0.15, 0.2) is 0 Å². The highest BCUT2D eigenvalue weighted by atomic mass is 19.4. The number of carboxylic acid groups (broad SMARTS) is 1. The van der Waals surface area contributed by atoms with Crippen molar-refractivity contribution in [3.63, 3.8) is 0 Å². The summed E-state index contributed by atoms with van der Waals surface area (Å²) in [7, 11) is 6.90. The number of likely N-dealkylation sites (tertiary alicyclic amines) is 1. The van der Waals surface area contributed by atoms with Gasteiger partial charge in [-0.1, -0.05) is 42.5 Å². The number of fused-ring (bicyclic) bond motifs is 1. The second-order valence-corrected chi connectivity index (χ2v) is 11.9. The molecule has 0 bridgehead atoms. The minimum Gasteiger partial charge on any atom is -0.496 e. The lowest BCUT2D eigenvalue weighted by Gasteiger charge is -2.42. The number of carboxylic acids is 1. The van der Waals surface area contributed by atoms with Crippen molar-refractivity contribution in [1.29, 1.82) is 0 Å². The Labute approximate surface area is 268 Å². The molecule has 14 heteroatoms. The van der Waals surface area contributed by atoms with E-state index >= 15 is 0 Å². The Bertz CT molecular complexity index is 1600. The Balaban J connectivity index is 1.69. The molecule has 256 valence electrons. The maximum atomic E-state index is 14.4. The van der Waals surface area contributed by atoms with Gasteiger partial charge in [-0.2, -0.15) is 26.3 Å². The summed E-state index contributed by atoms with van der Waals surface area (Å²) in [6, 6.07) is 12.4. The van der Waals surface area contributed by atoms with Crippen LogP contribution in [-0.4, -0.2) is 93.1 Å². The summed E-state index contributed by atoms with van der Waals surface area (Å²) in [5.74, 6) is -2.03. The number of carbonyl (C=O) groups excluding carboxylic acids is 1. The molecule has 4 rings (SSSR count). The zero-order valence-corrected chi connectivity index (χ0v) is 26.4. The van der Waals surface area contributed by atoms with Gasteiger partial charge in [-0.15, -0.1) is 0 Å². The summed E-state index contributed by atoms with van der Waals surface area (Å²) in [4.78, 5) is 28.4. The third-order valence-corrected chi connectivity index (χ3v) is 8.51. The van der Waals surface area contributed by atoms with Crippen LogP contribution in [0.15, 0.2) is 48.5 Å². The quantitative estimate of drug-likeness (QED) is 0.246. The molecule has 47 heavy (non-hydrogen) atoms. The van der Waals surface area contributed by atoms with Crippen molar-refractivity contribution in [1.82, 2.24) is 15.1 Å². The number of hydrogen-bond acceptors (Lipinski definition) is 6. The lowest BCUT2D eigenvalue weighted by Crippen LogP contribution is -2.59. The van der Waals surface area contributed by atoms with Crippen molar-refractivity contribution in [2.45, 2.75) is 44.2 Å². The number of nitrogens with one attached hydrogen (secondary N) is 1. The zero-order valence-electron chi connectivity index (χ0n) is 26.4. The second kappa shape index (κ2) is 14.0. The molecular formula is C33H37F6N3O5. The Morgan fingerprint density at radius 1 is 0.936 bits per heavy atom. The number of alkyl halides is 6. The van der Waals surface area contributed by atoms with Gasteiger partial charge in [-0.3, -0.25) is 9.69 Å². The van der Waals surface area contributed by atoms with Crippen LogP contribution in [-0.2, 0) is 22.6 Å². The normalized spacial score (nSPS) is 16.2. The Hall–Kier alpha value is -4.04. The van der Waals surface area contributed by atoms with Gasteiger partial charge in [0.25, 0.3) is 0 Å². The number of benzene rings is 3. The molecule has 1 amide bonds. The van der Waals surface area contributed by atoms with Crippen LogP contribution in [0, 0.1) is 5.41 Å². The molecule has 8 nitrogen and oxygen atoms in total. The Morgan fingerprint density at radius 3 is 2.13 bits per heavy atom. The minimum absolute atomic E-state index is 0.356. The summed E-state index contributed by atoms with van der Waals surface area (Å²) in [5.41, 5.74) is -0.335. The lowest BCUT2D eigenvalue weighted by atomic mass is 9.76. The molecule has 3 aromatic rings. The van der Waals surface area contributed by atoms with Crippen molar-refractivity contribution in [2.75, 3.05) is 47.9 Å². The van der Waals surface area contributed by atoms with Gasteiger partial charge in [0.2, 0.25) is 5.91 Å². The first-order valence-electron chi connectivity index (χ1n) is 14.8. The van der Waals surface area contributed by atoms with E-state index < -0.39 is 68.2 Å². The maximum absolute atomic E-state index is 14.4. The molecular weight excluding hydrogens is 632 g/mol. The van der Waals surface area contributed by atoms with Crippen LogP contribution in [0.5, 0.6) is 11.5 Å². The molecule has 1 fully saturated rings. The van der Waals surface area contributed by atoms with Crippen molar-refractivity contribution >= 4 is 22.6 Å². The fourth-order valence-electron chi connectivity index (χ4n) is 6.20. The van der Waals surface area contributed by atoms with Gasteiger partial charge in [0, 0.05) is 18.5 Å². The molecule has 0 aliphatic carbocycles. The molecule has 2 N–H and O–H groups in total. The predicted octanol–water partition coefficient (Wildman–Crippen LogP) is 5.90. The van der Waals surface area contributed by atoms with Crippen molar-refractivity contribution in [3.05, 3.63) is 59.7 Å². The van der Waals surface area contributed by atoms with Gasteiger partial charge in [-0.25, -0.2) is 4.79 Å². The molecule has 0 radical (unpaired) electrons. The monoisotopic (exact) mass is 669 g/mol. The van der Waals surface area contributed by atoms with E-state index in [-0.39, 0.29) is 6.42 Å². The van der Waals surface area contributed by atoms with Gasteiger partial charge < -0.3 is 24.8 Å². The van der Waals surface area contributed by atoms with Gasteiger partial charge >= 0.3 is 18.3 Å². The number of aliphatic carboxylic acids is 1. The fraction of sp³-hybridized carbons (Fsp3) is 0.455. The standard InChI is InChI=1S/C33H37F6N3O5/c1-41(2)18-21-11-12-26(46-3)27(28(21)47-4)24-10-6-8-22-20(7-5-9-23(22)24)17-25(29(43)44)40-30(45)31(33(37,38)39)13-15-42(16-14-31)19-32(34,35)36/h5-12,25H,13-19H2,1-4H3,(H,40,45)(H,43,44)/t25-/m0/s1. The number of methoxy groups -OCH3 is 2. The number of rotatable bonds is 11. The third kappa shape index (κ3) is 7.75. The highest BCUT2D eigenvalue weighted by Gasteiger charge is 2.61. The smallest absolute Gasteiger partial charge is 0.403 e. The third-order valence-electron chi connectivity index (χ3n) is 8.51. The zero-order chi connectivity index (χ0) is 34.7. The van der Waals surface area contributed by atoms with Gasteiger partial charge in [0.05, 0.1) is 26.3 Å². The number of hydrogen-bond donors (Lipinski definition) is 2. The number of carbonyl (C=O) groups is 2. The summed E-state index contributed by atoms with van der Waals surface area (Å²) in [5, 5.41) is 13.4. The average molecular weight is 670 g/mol. The fourth-order valence-corrected chi connectivity index (χ4v) is 6.20. The van der Waals surface area contributed by atoms with Crippen molar-refractivity contribution in [3.8, 4) is 22.6 Å². The number of ether oxygens (including phenoxy) is 2. The van der Waals surface area contributed by atoms with Crippen LogP contribution in [0.4, 0.5) is 26.3 Å². The highest BCUT2D eigenvalue weighted by Crippen LogP contribution is 2.47. The predicted molar refractivity (Wildman–Crippen MR) is 163 cm³/mol. The Morgan fingerprint density at radius 2 is 1.57 bits per heavy atom. The van der Waals surface area contributed by atoms with E-state index in [9.17, 15) is 41.0 Å². The summed E-state index contributed by atoms with van der Waals surface area (Å²) < 4.78 is 93.1. The van der Waals surface area contributed by atoms with Crippen molar-refractivity contribution < 1.29 is 50.5 Å². The first-order valence-corrected chi connectivity index (χ1v) is 14.8. The van der Waals surface area contributed by atoms with Crippen LogP contribution >= 0.6 is 0 Å². The van der Waals surface area contributed by atoms with Crippen LogP contribution in [0.1, 0.15) is 24.0 Å². The van der Waals surface area contributed by atoms with Crippen molar-refractivity contribution in [2.24, 2.45) is 5.41 Å². The number of amides is 1. The first-order chi connectivity index (χ1) is 22.0. The van der Waals surface area contributed by atoms with E-state index in [0.29, 0.717) is 45.5 Å². The van der Waals surface area contributed by atoms with E-state index in [2.05, 4.69) is 5.32 Å². The second-order valence-electron chi connectivity index (χ2n) is 11.9. The summed E-state index contributed by atoms with van der Waals surface area (Å²) in [6.07, 6.45) is -11.9. The van der Waals surface area contributed by atoms with E-state index in [4.69, 9.17) is 9.47 Å². The van der Waals surface area contributed by atoms with Gasteiger partial charge in [-0.05, 0) is 68.0 Å². The molecule has 1 atom stereocenters. The molecule has 0 saturated carbocycles. The average Bonchev–Trinajstić information content (AvgIpc) is 2.99. The molecule has 3 aromatic carbocycles. The Kier molecular flexibility index (Phi) is 10.7. The SMILES string of the molecule is COc1ccc(CN(C)C)c(OC)c1-c1cccc2c(C[C@H](NC(=O)C3(C(F)(F)F)CCN(CC(F)(F)F)CC3)C(=O)O)cccc12. The molecule has 1 heterocycles. The molecule has 0 spiro atoms. The number of nitrogens with zero attached hydrogens (tertiary/aromatic N) is 2. The lowest BCUT2D eigenvalue weighted by molar-refractivity contribution is -0.236. The van der Waals surface area contributed by atoms with E-state index in [1.807, 2.05) is 43.3 Å². The summed E-state index contributed by atoms with van der Waals surface area (Å²) in [6.45, 7) is -2.09. The topological polar surface area (TPSA) is 91.3 Å². The molecule has 1 aliphatic heterocycles. The maximum Gasteiger partial charge on any atom is 0.403 e. The van der Waals surface area contributed by atoms with Gasteiger partial charge in [0.1, 0.15) is 23.0 Å². The van der Waals surface area contributed by atoms with Crippen LogP contribution in [0.2, 0.25) is 0 Å². The first kappa shape index (κ1) is 35.8. The van der Waals surface area contributed by atoms with E-state index in [1.54, 1.807) is 31.4 Å².